The van der Waals surface area contributed by atoms with Gasteiger partial charge in [-0.25, -0.2) is 0 Å². The van der Waals surface area contributed by atoms with E-state index in [1.165, 1.54) is 12.1 Å². The molecular weight excluding hydrogens is 443 g/mol. The summed E-state index contributed by atoms with van der Waals surface area (Å²) in [6.07, 6.45) is -1.87. The first-order valence-electron chi connectivity index (χ1n) is 11.8. The number of carbonyl (C=O) groups is 2. The fraction of sp³-hybridized carbons (Fsp3) is 0.462. The second kappa shape index (κ2) is 10.5. The summed E-state index contributed by atoms with van der Waals surface area (Å²) in [6, 6.07) is 15.3. The Kier molecular flexibility index (Phi) is 7.44. The molecule has 8 heteroatoms. The van der Waals surface area contributed by atoms with Gasteiger partial charge in [-0.1, -0.05) is 36.4 Å². The van der Waals surface area contributed by atoms with E-state index in [4.69, 9.17) is 0 Å². The molecule has 0 bridgehead atoms. The Morgan fingerprint density at radius 2 is 1.50 bits per heavy atom. The summed E-state index contributed by atoms with van der Waals surface area (Å²) in [5, 5.41) is 0. The van der Waals surface area contributed by atoms with Gasteiger partial charge in [0.2, 0.25) is 11.8 Å². The fourth-order valence-electron chi connectivity index (χ4n) is 4.75. The van der Waals surface area contributed by atoms with Crippen molar-refractivity contribution in [1.29, 1.82) is 0 Å². The molecule has 5 nitrogen and oxygen atoms in total. The summed E-state index contributed by atoms with van der Waals surface area (Å²) in [5.41, 5.74) is 1.02. The van der Waals surface area contributed by atoms with Gasteiger partial charge in [-0.2, -0.15) is 13.2 Å². The van der Waals surface area contributed by atoms with Crippen LogP contribution in [0.2, 0.25) is 0 Å². The van der Waals surface area contributed by atoms with Crippen molar-refractivity contribution in [3.63, 3.8) is 0 Å². The summed E-state index contributed by atoms with van der Waals surface area (Å²) in [4.78, 5) is 31.2. The molecule has 2 fully saturated rings. The van der Waals surface area contributed by atoms with Crippen LogP contribution in [0.4, 0.5) is 18.9 Å². The van der Waals surface area contributed by atoms with Crippen molar-refractivity contribution in [2.75, 3.05) is 44.2 Å². The number of halogens is 3. The lowest BCUT2D eigenvalue weighted by Crippen LogP contribution is -2.52. The van der Waals surface area contributed by atoms with Crippen LogP contribution in [0.5, 0.6) is 0 Å². The zero-order valence-corrected chi connectivity index (χ0v) is 19.1. The van der Waals surface area contributed by atoms with Crippen LogP contribution in [0.15, 0.2) is 54.6 Å². The first-order valence-corrected chi connectivity index (χ1v) is 11.8. The maximum absolute atomic E-state index is 13.0. The van der Waals surface area contributed by atoms with Gasteiger partial charge in [0.05, 0.1) is 5.56 Å². The maximum atomic E-state index is 13.0. The first-order chi connectivity index (χ1) is 16.3. The van der Waals surface area contributed by atoms with Crippen LogP contribution < -0.4 is 4.90 Å². The molecule has 2 heterocycles. The Morgan fingerprint density at radius 1 is 0.824 bits per heavy atom. The summed E-state index contributed by atoms with van der Waals surface area (Å²) >= 11 is 0. The average Bonchev–Trinajstić information content (AvgIpc) is 2.87. The molecule has 2 aliphatic heterocycles. The van der Waals surface area contributed by atoms with Crippen molar-refractivity contribution in [2.45, 2.75) is 31.9 Å². The van der Waals surface area contributed by atoms with Gasteiger partial charge in [-0.05, 0) is 43.0 Å². The van der Waals surface area contributed by atoms with Crippen LogP contribution in [-0.4, -0.2) is 60.9 Å². The summed E-state index contributed by atoms with van der Waals surface area (Å²) < 4.78 is 39.0. The van der Waals surface area contributed by atoms with E-state index in [2.05, 4.69) is 0 Å². The van der Waals surface area contributed by atoms with Crippen molar-refractivity contribution >= 4 is 17.5 Å². The number of carbonyl (C=O) groups excluding carboxylic acids is 2. The predicted molar refractivity (Wildman–Crippen MR) is 124 cm³/mol. The van der Waals surface area contributed by atoms with Crippen molar-refractivity contribution in [1.82, 2.24) is 9.80 Å². The molecule has 0 N–H and O–H groups in total. The lowest BCUT2D eigenvalue weighted by Gasteiger charge is -2.39. The lowest BCUT2D eigenvalue weighted by molar-refractivity contribution is -0.141. The molecule has 0 atom stereocenters. The average molecular weight is 474 g/mol. The number of piperazine rings is 1. The van der Waals surface area contributed by atoms with E-state index >= 15 is 0 Å². The standard InChI is InChI=1S/C26H30F3N3O2/c27-26(28,29)22-7-4-8-23(19-22)30-15-17-32(18-16-30)25(34)21-11-13-31(14-12-21)24(33)10-9-20-5-2-1-3-6-20/h1-8,19,21H,9-18H2. The Bertz CT molecular complexity index is 980. The largest absolute Gasteiger partial charge is 0.416 e. The molecule has 4 rings (SSSR count). The van der Waals surface area contributed by atoms with Crippen LogP contribution in [0.3, 0.4) is 0 Å². The van der Waals surface area contributed by atoms with E-state index in [-0.39, 0.29) is 17.7 Å². The third kappa shape index (κ3) is 5.90. The Hall–Kier alpha value is -3.03. The Morgan fingerprint density at radius 3 is 2.15 bits per heavy atom. The highest BCUT2D eigenvalue weighted by Crippen LogP contribution is 2.32. The predicted octanol–water partition coefficient (Wildman–Crippen LogP) is 4.23. The summed E-state index contributed by atoms with van der Waals surface area (Å²) in [7, 11) is 0. The molecule has 2 aromatic carbocycles. The first kappa shape index (κ1) is 24.1. The van der Waals surface area contributed by atoms with E-state index in [0.717, 1.165) is 11.6 Å². The molecule has 2 aromatic rings. The van der Waals surface area contributed by atoms with E-state index in [1.54, 1.807) is 6.07 Å². The highest BCUT2D eigenvalue weighted by Gasteiger charge is 2.33. The summed E-state index contributed by atoms with van der Waals surface area (Å²) in [6.45, 7) is 3.17. The van der Waals surface area contributed by atoms with Crippen molar-refractivity contribution in [3.05, 3.63) is 65.7 Å². The fourth-order valence-corrected chi connectivity index (χ4v) is 4.75. The number of alkyl halides is 3. The molecule has 2 amide bonds. The van der Waals surface area contributed by atoms with E-state index < -0.39 is 11.7 Å². The number of anilines is 1. The van der Waals surface area contributed by atoms with Gasteiger partial charge in [-0.15, -0.1) is 0 Å². The molecule has 0 radical (unpaired) electrons. The number of hydrogen-bond acceptors (Lipinski definition) is 3. The monoisotopic (exact) mass is 473 g/mol. The third-order valence-corrected chi connectivity index (χ3v) is 6.80. The molecule has 182 valence electrons. The molecule has 2 aliphatic rings. The highest BCUT2D eigenvalue weighted by molar-refractivity contribution is 5.80. The summed E-state index contributed by atoms with van der Waals surface area (Å²) in [5.74, 6) is 0.128. The third-order valence-electron chi connectivity index (χ3n) is 6.80. The minimum absolute atomic E-state index is 0.0973. The van der Waals surface area contributed by atoms with E-state index in [0.29, 0.717) is 70.6 Å². The van der Waals surface area contributed by atoms with Crippen LogP contribution >= 0.6 is 0 Å². The van der Waals surface area contributed by atoms with Crippen molar-refractivity contribution in [2.24, 2.45) is 5.92 Å². The smallest absolute Gasteiger partial charge is 0.368 e. The van der Waals surface area contributed by atoms with Gasteiger partial charge < -0.3 is 14.7 Å². The number of hydrogen-bond donors (Lipinski definition) is 0. The number of likely N-dealkylation sites (tertiary alicyclic amines) is 1. The second-order valence-corrected chi connectivity index (χ2v) is 9.00. The van der Waals surface area contributed by atoms with Crippen LogP contribution in [-0.2, 0) is 22.2 Å². The number of amides is 2. The molecule has 2 saturated heterocycles. The molecule has 0 aliphatic carbocycles. The van der Waals surface area contributed by atoms with Crippen LogP contribution in [0.25, 0.3) is 0 Å². The van der Waals surface area contributed by atoms with Gasteiger partial charge in [-0.3, -0.25) is 9.59 Å². The Labute approximate surface area is 198 Å². The van der Waals surface area contributed by atoms with Crippen LogP contribution in [0.1, 0.15) is 30.4 Å². The van der Waals surface area contributed by atoms with Gasteiger partial charge in [0.1, 0.15) is 0 Å². The molecule has 0 saturated carbocycles. The van der Waals surface area contributed by atoms with Gasteiger partial charge in [0.15, 0.2) is 0 Å². The quantitative estimate of drug-likeness (QED) is 0.653. The zero-order chi connectivity index (χ0) is 24.1. The molecular formula is C26H30F3N3O2. The minimum atomic E-state index is -4.37. The minimum Gasteiger partial charge on any atom is -0.368 e. The molecule has 34 heavy (non-hydrogen) atoms. The lowest BCUT2D eigenvalue weighted by atomic mass is 9.94. The maximum Gasteiger partial charge on any atom is 0.416 e. The van der Waals surface area contributed by atoms with Gasteiger partial charge in [0.25, 0.3) is 0 Å². The van der Waals surface area contributed by atoms with Gasteiger partial charge in [0, 0.05) is 57.3 Å². The van der Waals surface area contributed by atoms with Crippen molar-refractivity contribution < 1.29 is 22.8 Å². The van der Waals surface area contributed by atoms with Gasteiger partial charge >= 0.3 is 6.18 Å². The Balaban J connectivity index is 1.23. The van der Waals surface area contributed by atoms with E-state index in [9.17, 15) is 22.8 Å². The van der Waals surface area contributed by atoms with Crippen molar-refractivity contribution in [3.8, 4) is 0 Å². The molecule has 0 aromatic heterocycles. The van der Waals surface area contributed by atoms with E-state index in [1.807, 2.05) is 45.0 Å². The highest BCUT2D eigenvalue weighted by atomic mass is 19.4. The number of rotatable bonds is 5. The van der Waals surface area contributed by atoms with Crippen LogP contribution in [0, 0.1) is 5.92 Å². The number of piperidine rings is 1. The zero-order valence-electron chi connectivity index (χ0n) is 19.1. The molecule has 0 spiro atoms. The topological polar surface area (TPSA) is 43.9 Å². The number of benzene rings is 2. The number of aryl methyl sites for hydroxylation is 1. The second-order valence-electron chi connectivity index (χ2n) is 9.00. The SMILES string of the molecule is O=C(CCc1ccccc1)N1CCC(C(=O)N2CCN(c3cccc(C(F)(F)F)c3)CC2)CC1. The normalized spacial score (nSPS) is 17.7. The molecule has 0 unspecified atom stereocenters. The number of nitrogens with zero attached hydrogens (tertiary/aromatic N) is 3.